The molecular formula is C10H11BrO3. The van der Waals surface area contributed by atoms with Crippen LogP contribution in [0.3, 0.4) is 0 Å². The first-order chi connectivity index (χ1) is 6.60. The Labute approximate surface area is 91.1 Å². The second kappa shape index (κ2) is 4.46. The van der Waals surface area contributed by atoms with Crippen LogP contribution in [0, 0.1) is 0 Å². The SMILES string of the molecule is COc1cc(Br)c(C(C)=O)c(OC)c1. The Morgan fingerprint density at radius 2 is 1.93 bits per heavy atom. The van der Waals surface area contributed by atoms with Gasteiger partial charge >= 0.3 is 0 Å². The van der Waals surface area contributed by atoms with E-state index in [1.165, 1.54) is 14.0 Å². The summed E-state index contributed by atoms with van der Waals surface area (Å²) in [5.41, 5.74) is 0.535. The highest BCUT2D eigenvalue weighted by Gasteiger charge is 2.14. The molecule has 1 aromatic carbocycles. The van der Waals surface area contributed by atoms with Crippen LogP contribution in [0.2, 0.25) is 0 Å². The predicted molar refractivity (Wildman–Crippen MR) is 57.3 cm³/mol. The van der Waals surface area contributed by atoms with Gasteiger partial charge in [0, 0.05) is 10.5 Å². The summed E-state index contributed by atoms with van der Waals surface area (Å²) in [6, 6.07) is 3.42. The van der Waals surface area contributed by atoms with Crippen molar-refractivity contribution in [3.63, 3.8) is 0 Å². The van der Waals surface area contributed by atoms with Crippen molar-refractivity contribution in [1.82, 2.24) is 0 Å². The lowest BCUT2D eigenvalue weighted by molar-refractivity contribution is 0.101. The first-order valence-electron chi connectivity index (χ1n) is 4.02. The van der Waals surface area contributed by atoms with Gasteiger partial charge in [-0.15, -0.1) is 0 Å². The Kier molecular flexibility index (Phi) is 3.52. The van der Waals surface area contributed by atoms with Crippen LogP contribution in [0.4, 0.5) is 0 Å². The quantitative estimate of drug-likeness (QED) is 0.783. The summed E-state index contributed by atoms with van der Waals surface area (Å²) in [4.78, 5) is 11.3. The van der Waals surface area contributed by atoms with Crippen LogP contribution in [0.5, 0.6) is 11.5 Å². The van der Waals surface area contributed by atoms with E-state index >= 15 is 0 Å². The molecule has 14 heavy (non-hydrogen) atoms. The van der Waals surface area contributed by atoms with Crippen LogP contribution >= 0.6 is 15.9 Å². The van der Waals surface area contributed by atoms with Gasteiger partial charge in [-0.3, -0.25) is 4.79 Å². The van der Waals surface area contributed by atoms with Gasteiger partial charge in [-0.1, -0.05) is 0 Å². The minimum atomic E-state index is -0.0450. The van der Waals surface area contributed by atoms with E-state index in [0.29, 0.717) is 21.5 Å². The van der Waals surface area contributed by atoms with Crippen LogP contribution in [0.25, 0.3) is 0 Å². The molecule has 0 saturated heterocycles. The van der Waals surface area contributed by atoms with Crippen LogP contribution in [0.15, 0.2) is 16.6 Å². The topological polar surface area (TPSA) is 35.5 Å². The van der Waals surface area contributed by atoms with Crippen LogP contribution < -0.4 is 9.47 Å². The van der Waals surface area contributed by atoms with E-state index in [1.807, 2.05) is 0 Å². The zero-order valence-electron chi connectivity index (χ0n) is 8.26. The molecule has 0 unspecified atom stereocenters. The Morgan fingerprint density at radius 3 is 2.36 bits per heavy atom. The van der Waals surface area contributed by atoms with Crippen molar-refractivity contribution < 1.29 is 14.3 Å². The molecule has 0 fully saturated rings. The van der Waals surface area contributed by atoms with Crippen molar-refractivity contribution >= 4 is 21.7 Å². The predicted octanol–water partition coefficient (Wildman–Crippen LogP) is 2.67. The molecule has 1 aromatic rings. The van der Waals surface area contributed by atoms with Crippen molar-refractivity contribution in [1.29, 1.82) is 0 Å². The number of hydrogen-bond acceptors (Lipinski definition) is 3. The van der Waals surface area contributed by atoms with Crippen molar-refractivity contribution in [2.75, 3.05) is 14.2 Å². The third-order valence-electron chi connectivity index (χ3n) is 1.84. The molecule has 0 N–H and O–H groups in total. The highest BCUT2D eigenvalue weighted by Crippen LogP contribution is 2.32. The Bertz CT molecular complexity index is 361. The van der Waals surface area contributed by atoms with Crippen molar-refractivity contribution in [3.05, 3.63) is 22.2 Å². The second-order valence-corrected chi connectivity index (χ2v) is 3.60. The highest BCUT2D eigenvalue weighted by molar-refractivity contribution is 9.10. The molecule has 76 valence electrons. The number of hydrogen-bond donors (Lipinski definition) is 0. The number of Topliss-reactive ketones (excluding diaryl/α,β-unsaturated/α-hetero) is 1. The molecule has 0 heterocycles. The third-order valence-corrected chi connectivity index (χ3v) is 2.46. The fraction of sp³-hybridized carbons (Fsp3) is 0.300. The molecule has 3 nitrogen and oxygen atoms in total. The molecule has 0 radical (unpaired) electrons. The molecule has 0 bridgehead atoms. The number of carbonyl (C=O) groups excluding carboxylic acids is 1. The number of halogens is 1. The summed E-state index contributed by atoms with van der Waals surface area (Å²) in [5, 5.41) is 0. The normalized spacial score (nSPS) is 9.71. The summed E-state index contributed by atoms with van der Waals surface area (Å²) < 4.78 is 10.8. The lowest BCUT2D eigenvalue weighted by Crippen LogP contribution is -1.99. The van der Waals surface area contributed by atoms with Crippen molar-refractivity contribution in [2.24, 2.45) is 0 Å². The molecule has 4 heteroatoms. The van der Waals surface area contributed by atoms with E-state index < -0.39 is 0 Å². The Morgan fingerprint density at radius 1 is 1.29 bits per heavy atom. The molecule has 0 atom stereocenters. The molecule has 0 amide bonds. The van der Waals surface area contributed by atoms with Gasteiger partial charge in [0.2, 0.25) is 0 Å². The third kappa shape index (κ3) is 2.07. The average molecular weight is 259 g/mol. The van der Waals surface area contributed by atoms with Crippen molar-refractivity contribution in [2.45, 2.75) is 6.92 Å². The van der Waals surface area contributed by atoms with Crippen LogP contribution in [0.1, 0.15) is 17.3 Å². The van der Waals surface area contributed by atoms with E-state index in [2.05, 4.69) is 15.9 Å². The van der Waals surface area contributed by atoms with Crippen molar-refractivity contribution in [3.8, 4) is 11.5 Å². The van der Waals surface area contributed by atoms with E-state index in [9.17, 15) is 4.79 Å². The van der Waals surface area contributed by atoms with Gasteiger partial charge in [0.05, 0.1) is 19.8 Å². The molecular weight excluding hydrogens is 248 g/mol. The first kappa shape index (κ1) is 11.0. The lowest BCUT2D eigenvalue weighted by atomic mass is 10.1. The van der Waals surface area contributed by atoms with E-state index in [0.717, 1.165) is 0 Å². The van der Waals surface area contributed by atoms with Crippen LogP contribution in [-0.2, 0) is 0 Å². The summed E-state index contributed by atoms with van der Waals surface area (Å²) in [6.07, 6.45) is 0. The number of ketones is 1. The molecule has 0 saturated carbocycles. The average Bonchev–Trinajstić information content (AvgIpc) is 2.15. The molecule has 0 aliphatic heterocycles. The maximum absolute atomic E-state index is 11.3. The minimum absolute atomic E-state index is 0.0450. The number of ether oxygens (including phenoxy) is 2. The van der Waals surface area contributed by atoms with E-state index in [-0.39, 0.29) is 5.78 Å². The number of benzene rings is 1. The van der Waals surface area contributed by atoms with Gasteiger partial charge in [0.15, 0.2) is 5.78 Å². The zero-order valence-corrected chi connectivity index (χ0v) is 9.84. The van der Waals surface area contributed by atoms with Gasteiger partial charge in [0.25, 0.3) is 0 Å². The maximum atomic E-state index is 11.3. The molecule has 1 rings (SSSR count). The molecule has 0 spiro atoms. The fourth-order valence-corrected chi connectivity index (χ4v) is 1.88. The van der Waals surface area contributed by atoms with Crippen LogP contribution in [-0.4, -0.2) is 20.0 Å². The minimum Gasteiger partial charge on any atom is -0.497 e. The zero-order chi connectivity index (χ0) is 10.7. The fourth-order valence-electron chi connectivity index (χ4n) is 1.18. The molecule has 0 aromatic heterocycles. The van der Waals surface area contributed by atoms with Gasteiger partial charge in [-0.2, -0.15) is 0 Å². The lowest BCUT2D eigenvalue weighted by Gasteiger charge is -2.10. The maximum Gasteiger partial charge on any atom is 0.164 e. The number of rotatable bonds is 3. The van der Waals surface area contributed by atoms with E-state index in [4.69, 9.17) is 9.47 Å². The van der Waals surface area contributed by atoms with Gasteiger partial charge in [-0.25, -0.2) is 0 Å². The summed E-state index contributed by atoms with van der Waals surface area (Å²) in [6.45, 7) is 1.50. The summed E-state index contributed by atoms with van der Waals surface area (Å²) in [5.74, 6) is 1.12. The number of carbonyl (C=O) groups is 1. The smallest absolute Gasteiger partial charge is 0.164 e. The standard InChI is InChI=1S/C10H11BrO3/c1-6(12)10-8(11)4-7(13-2)5-9(10)14-3/h4-5H,1-3H3. The largest absolute Gasteiger partial charge is 0.497 e. The highest BCUT2D eigenvalue weighted by atomic mass is 79.9. The second-order valence-electron chi connectivity index (χ2n) is 2.74. The monoisotopic (exact) mass is 258 g/mol. The summed E-state index contributed by atoms with van der Waals surface area (Å²) >= 11 is 3.30. The first-order valence-corrected chi connectivity index (χ1v) is 4.82. The molecule has 0 aliphatic rings. The van der Waals surface area contributed by atoms with Gasteiger partial charge in [-0.05, 0) is 28.9 Å². The Hall–Kier alpha value is -1.03. The van der Waals surface area contributed by atoms with Gasteiger partial charge in [0.1, 0.15) is 11.5 Å². The molecule has 0 aliphatic carbocycles. The number of methoxy groups -OCH3 is 2. The van der Waals surface area contributed by atoms with Gasteiger partial charge < -0.3 is 9.47 Å². The van der Waals surface area contributed by atoms with E-state index in [1.54, 1.807) is 19.2 Å². The Balaban J connectivity index is 3.34. The summed E-state index contributed by atoms with van der Waals surface area (Å²) in [7, 11) is 3.09.